The largest absolute Gasteiger partial charge is 0.496 e. The van der Waals surface area contributed by atoms with Gasteiger partial charge in [-0.25, -0.2) is 4.79 Å². The molecule has 0 saturated carbocycles. The molecule has 7 nitrogen and oxygen atoms in total. The molecule has 0 saturated heterocycles. The number of amidine groups is 1. The molecule has 0 bridgehead atoms. The Hall–Kier alpha value is -2.54. The third-order valence-corrected chi connectivity index (χ3v) is 3.55. The SMILES string of the molecule is COc1ccc(Cl)cc1/C(N)=N/OC(=O)CCn1nc(C)cc1C. The van der Waals surface area contributed by atoms with Crippen LogP contribution in [0.4, 0.5) is 0 Å². The van der Waals surface area contributed by atoms with Crippen molar-refractivity contribution in [2.75, 3.05) is 7.11 Å². The highest BCUT2D eigenvalue weighted by molar-refractivity contribution is 6.31. The van der Waals surface area contributed by atoms with Gasteiger partial charge in [0.2, 0.25) is 0 Å². The first-order valence-electron chi connectivity index (χ1n) is 7.29. The monoisotopic (exact) mass is 350 g/mol. The molecule has 2 rings (SSSR count). The van der Waals surface area contributed by atoms with Gasteiger partial charge in [-0.3, -0.25) is 4.68 Å². The number of benzene rings is 1. The number of aromatic nitrogens is 2. The van der Waals surface area contributed by atoms with Crippen molar-refractivity contribution in [3.05, 3.63) is 46.2 Å². The van der Waals surface area contributed by atoms with Gasteiger partial charge < -0.3 is 15.3 Å². The van der Waals surface area contributed by atoms with E-state index in [-0.39, 0.29) is 12.3 Å². The molecule has 0 aliphatic rings. The molecule has 1 aromatic heterocycles. The van der Waals surface area contributed by atoms with Crippen LogP contribution in [-0.2, 0) is 16.2 Å². The number of nitrogens with zero attached hydrogens (tertiary/aromatic N) is 3. The van der Waals surface area contributed by atoms with E-state index in [2.05, 4.69) is 10.3 Å². The maximum atomic E-state index is 11.8. The second-order valence-electron chi connectivity index (χ2n) is 5.18. The minimum absolute atomic E-state index is 0.00816. The summed E-state index contributed by atoms with van der Waals surface area (Å²) in [6.07, 6.45) is 0.130. The molecule has 0 spiro atoms. The zero-order valence-corrected chi connectivity index (χ0v) is 14.5. The Kier molecular flexibility index (Phi) is 5.81. The minimum Gasteiger partial charge on any atom is -0.496 e. The van der Waals surface area contributed by atoms with Crippen molar-refractivity contribution in [2.24, 2.45) is 10.9 Å². The van der Waals surface area contributed by atoms with Gasteiger partial charge in [-0.1, -0.05) is 16.8 Å². The Labute approximate surface area is 145 Å². The molecule has 0 radical (unpaired) electrons. The number of rotatable bonds is 6. The highest BCUT2D eigenvalue weighted by atomic mass is 35.5. The zero-order chi connectivity index (χ0) is 17.7. The van der Waals surface area contributed by atoms with Gasteiger partial charge in [0.15, 0.2) is 5.84 Å². The van der Waals surface area contributed by atoms with E-state index in [0.29, 0.717) is 22.9 Å². The van der Waals surface area contributed by atoms with Crippen molar-refractivity contribution in [3.63, 3.8) is 0 Å². The summed E-state index contributed by atoms with van der Waals surface area (Å²) >= 11 is 5.93. The second-order valence-corrected chi connectivity index (χ2v) is 5.62. The second kappa shape index (κ2) is 7.83. The molecule has 1 aromatic carbocycles. The van der Waals surface area contributed by atoms with E-state index in [0.717, 1.165) is 11.4 Å². The van der Waals surface area contributed by atoms with Crippen molar-refractivity contribution >= 4 is 23.4 Å². The lowest BCUT2D eigenvalue weighted by Crippen LogP contribution is -2.17. The summed E-state index contributed by atoms with van der Waals surface area (Å²) in [6.45, 7) is 4.23. The lowest BCUT2D eigenvalue weighted by Gasteiger charge is -2.08. The number of carbonyl (C=O) groups excluding carboxylic acids is 1. The molecule has 0 unspecified atom stereocenters. The summed E-state index contributed by atoms with van der Waals surface area (Å²) in [4.78, 5) is 16.7. The third kappa shape index (κ3) is 4.48. The Bertz CT molecular complexity index is 771. The van der Waals surface area contributed by atoms with E-state index in [9.17, 15) is 4.79 Å². The number of oxime groups is 1. The Morgan fingerprint density at radius 3 is 2.75 bits per heavy atom. The van der Waals surface area contributed by atoms with Crippen LogP contribution in [0.2, 0.25) is 5.02 Å². The van der Waals surface area contributed by atoms with Crippen LogP contribution in [0.25, 0.3) is 0 Å². The van der Waals surface area contributed by atoms with Crippen molar-refractivity contribution < 1.29 is 14.4 Å². The summed E-state index contributed by atoms with van der Waals surface area (Å²) in [5, 5.41) is 8.41. The Morgan fingerprint density at radius 2 is 2.12 bits per heavy atom. The van der Waals surface area contributed by atoms with Gasteiger partial charge in [0.05, 0.1) is 31.3 Å². The Balaban J connectivity index is 1.98. The minimum atomic E-state index is -0.508. The standard InChI is InChI=1S/C16H19ClN4O3/c1-10-8-11(2)21(19-10)7-6-15(22)24-20-16(18)13-9-12(17)4-5-14(13)23-3/h4-5,8-9H,6-7H2,1-3H3,(H2,18,20). The van der Waals surface area contributed by atoms with Gasteiger partial charge in [0.1, 0.15) is 5.75 Å². The smallest absolute Gasteiger partial charge is 0.336 e. The van der Waals surface area contributed by atoms with E-state index in [1.807, 2.05) is 19.9 Å². The quantitative estimate of drug-likeness (QED) is 0.374. The van der Waals surface area contributed by atoms with E-state index in [4.69, 9.17) is 26.9 Å². The molecule has 0 amide bonds. The Morgan fingerprint density at radius 1 is 1.38 bits per heavy atom. The lowest BCUT2D eigenvalue weighted by atomic mass is 10.2. The van der Waals surface area contributed by atoms with Gasteiger partial charge in [0, 0.05) is 10.7 Å². The number of carbonyl (C=O) groups is 1. The summed E-state index contributed by atoms with van der Waals surface area (Å²) < 4.78 is 6.92. The summed E-state index contributed by atoms with van der Waals surface area (Å²) in [6, 6.07) is 6.85. The molecular weight excluding hydrogens is 332 g/mol. The number of aryl methyl sites for hydroxylation is 3. The summed E-state index contributed by atoms with van der Waals surface area (Å²) in [7, 11) is 1.50. The maximum absolute atomic E-state index is 11.8. The number of hydrogen-bond donors (Lipinski definition) is 1. The fraction of sp³-hybridized carbons (Fsp3) is 0.312. The average Bonchev–Trinajstić information content (AvgIpc) is 2.88. The van der Waals surface area contributed by atoms with Crippen LogP contribution in [0.5, 0.6) is 5.75 Å². The first-order valence-corrected chi connectivity index (χ1v) is 7.66. The maximum Gasteiger partial charge on any atom is 0.336 e. The molecule has 0 aliphatic carbocycles. The zero-order valence-electron chi connectivity index (χ0n) is 13.7. The van der Waals surface area contributed by atoms with Gasteiger partial charge in [-0.05, 0) is 38.1 Å². The van der Waals surface area contributed by atoms with Crippen molar-refractivity contribution in [1.82, 2.24) is 9.78 Å². The summed E-state index contributed by atoms with van der Waals surface area (Å²) in [5.41, 5.74) is 8.17. The van der Waals surface area contributed by atoms with Crippen LogP contribution in [-0.4, -0.2) is 28.7 Å². The van der Waals surface area contributed by atoms with Crippen LogP contribution < -0.4 is 10.5 Å². The average molecular weight is 351 g/mol. The van der Waals surface area contributed by atoms with Crippen LogP contribution in [0, 0.1) is 13.8 Å². The molecule has 8 heteroatoms. The van der Waals surface area contributed by atoms with Crippen LogP contribution >= 0.6 is 11.6 Å². The summed E-state index contributed by atoms with van der Waals surface area (Å²) in [5.74, 6) is -0.0142. The molecule has 1 heterocycles. The molecular formula is C16H19ClN4O3. The highest BCUT2D eigenvalue weighted by Crippen LogP contribution is 2.22. The molecule has 24 heavy (non-hydrogen) atoms. The molecule has 0 atom stereocenters. The van der Waals surface area contributed by atoms with Crippen LogP contribution in [0.3, 0.4) is 0 Å². The van der Waals surface area contributed by atoms with Gasteiger partial charge in [-0.2, -0.15) is 5.10 Å². The van der Waals surface area contributed by atoms with Crippen LogP contribution in [0.1, 0.15) is 23.4 Å². The van der Waals surface area contributed by atoms with E-state index < -0.39 is 5.97 Å². The molecule has 2 aromatic rings. The van der Waals surface area contributed by atoms with Crippen molar-refractivity contribution in [2.45, 2.75) is 26.8 Å². The lowest BCUT2D eigenvalue weighted by molar-refractivity contribution is -0.144. The number of halogens is 1. The van der Waals surface area contributed by atoms with Gasteiger partial charge >= 0.3 is 5.97 Å². The predicted octanol–water partition coefficient (Wildman–Crippen LogP) is 2.42. The highest BCUT2D eigenvalue weighted by Gasteiger charge is 2.11. The number of ether oxygens (including phenoxy) is 1. The van der Waals surface area contributed by atoms with E-state index in [1.54, 1.807) is 22.9 Å². The first-order chi connectivity index (χ1) is 11.4. The van der Waals surface area contributed by atoms with E-state index in [1.165, 1.54) is 7.11 Å². The van der Waals surface area contributed by atoms with Crippen molar-refractivity contribution in [1.29, 1.82) is 0 Å². The molecule has 2 N–H and O–H groups in total. The third-order valence-electron chi connectivity index (χ3n) is 3.31. The first kappa shape index (κ1) is 17.8. The number of hydrogen-bond acceptors (Lipinski definition) is 5. The fourth-order valence-electron chi connectivity index (χ4n) is 2.17. The number of methoxy groups -OCH3 is 1. The molecule has 128 valence electrons. The molecule has 0 fully saturated rings. The predicted molar refractivity (Wildman–Crippen MR) is 91.1 cm³/mol. The topological polar surface area (TPSA) is 91.7 Å². The fourth-order valence-corrected chi connectivity index (χ4v) is 2.35. The van der Waals surface area contributed by atoms with E-state index >= 15 is 0 Å². The normalized spacial score (nSPS) is 11.4. The van der Waals surface area contributed by atoms with Gasteiger partial charge in [-0.15, -0.1) is 0 Å². The van der Waals surface area contributed by atoms with Crippen LogP contribution in [0.15, 0.2) is 29.4 Å². The van der Waals surface area contributed by atoms with Gasteiger partial charge in [0.25, 0.3) is 0 Å². The molecule has 0 aliphatic heterocycles. The van der Waals surface area contributed by atoms with Crippen molar-refractivity contribution in [3.8, 4) is 5.75 Å². The number of nitrogens with two attached hydrogens (primary N) is 1.